The first kappa shape index (κ1) is 14.3. The van der Waals surface area contributed by atoms with E-state index in [4.69, 9.17) is 0 Å². The molecule has 0 saturated heterocycles. The van der Waals surface area contributed by atoms with E-state index in [-0.39, 0.29) is 5.91 Å². The first-order valence-corrected chi connectivity index (χ1v) is 8.26. The fourth-order valence-electron chi connectivity index (χ4n) is 2.77. The van der Waals surface area contributed by atoms with Gasteiger partial charge in [-0.05, 0) is 48.4 Å². The van der Waals surface area contributed by atoms with E-state index >= 15 is 0 Å². The number of aryl methyl sites for hydroxylation is 2. The van der Waals surface area contributed by atoms with Gasteiger partial charge in [0.1, 0.15) is 0 Å². The van der Waals surface area contributed by atoms with Crippen LogP contribution in [-0.4, -0.2) is 10.9 Å². The number of hydrogen-bond acceptors (Lipinski definition) is 3. The van der Waals surface area contributed by atoms with E-state index in [1.54, 1.807) is 23.2 Å². The molecule has 0 atom stereocenters. The van der Waals surface area contributed by atoms with Gasteiger partial charge in [0.05, 0.1) is 5.69 Å². The summed E-state index contributed by atoms with van der Waals surface area (Å²) in [6.45, 7) is 5.89. The average Bonchev–Trinajstić information content (AvgIpc) is 3.06. The lowest BCUT2D eigenvalue weighted by Crippen LogP contribution is -2.22. The Balaban J connectivity index is 1.99. The Bertz CT molecular complexity index is 675. The quantitative estimate of drug-likeness (QED) is 0.839. The SMILES string of the molecule is CC(=O)N(c1ccc2c(c1)CCC2)c1ncc(C(C)C)s1. The zero-order valence-electron chi connectivity index (χ0n) is 12.7. The van der Waals surface area contributed by atoms with Crippen LogP contribution in [0.5, 0.6) is 0 Å². The third-order valence-electron chi connectivity index (χ3n) is 3.93. The standard InChI is InChI=1S/C17H20N2OS/c1-11(2)16-10-18-17(21-16)19(12(3)20)15-8-7-13-5-4-6-14(13)9-15/h7-11H,4-6H2,1-3H3. The van der Waals surface area contributed by atoms with E-state index in [2.05, 4.69) is 31.0 Å². The van der Waals surface area contributed by atoms with Gasteiger partial charge in [-0.1, -0.05) is 19.9 Å². The summed E-state index contributed by atoms with van der Waals surface area (Å²) in [6.07, 6.45) is 5.37. The summed E-state index contributed by atoms with van der Waals surface area (Å²) in [7, 11) is 0. The molecule has 1 aliphatic carbocycles. The van der Waals surface area contributed by atoms with Crippen molar-refractivity contribution in [2.75, 3.05) is 4.90 Å². The topological polar surface area (TPSA) is 33.2 Å². The maximum atomic E-state index is 12.1. The smallest absolute Gasteiger partial charge is 0.230 e. The van der Waals surface area contributed by atoms with Crippen LogP contribution in [-0.2, 0) is 17.6 Å². The molecule has 2 aromatic rings. The van der Waals surface area contributed by atoms with Crippen LogP contribution in [0.15, 0.2) is 24.4 Å². The first-order chi connectivity index (χ1) is 10.1. The molecular weight excluding hydrogens is 280 g/mol. The van der Waals surface area contributed by atoms with Crippen LogP contribution in [0, 0.1) is 0 Å². The maximum absolute atomic E-state index is 12.1. The van der Waals surface area contributed by atoms with Gasteiger partial charge < -0.3 is 0 Å². The normalized spacial score (nSPS) is 13.5. The predicted octanol–water partition coefficient (Wildman–Crippen LogP) is 4.44. The van der Waals surface area contributed by atoms with E-state index in [0.29, 0.717) is 5.92 Å². The molecule has 1 aromatic heterocycles. The van der Waals surface area contributed by atoms with E-state index in [1.165, 1.54) is 22.4 Å². The largest absolute Gasteiger partial charge is 0.274 e. The van der Waals surface area contributed by atoms with Crippen LogP contribution in [0.25, 0.3) is 0 Å². The van der Waals surface area contributed by atoms with Crippen molar-refractivity contribution in [3.8, 4) is 0 Å². The number of amides is 1. The number of thiazole rings is 1. The lowest BCUT2D eigenvalue weighted by Gasteiger charge is -2.19. The molecule has 1 aliphatic rings. The van der Waals surface area contributed by atoms with Gasteiger partial charge in [0, 0.05) is 18.0 Å². The molecule has 0 unspecified atom stereocenters. The molecule has 1 amide bonds. The summed E-state index contributed by atoms with van der Waals surface area (Å²) in [5.74, 6) is 0.447. The second-order valence-electron chi connectivity index (χ2n) is 5.86. The van der Waals surface area contributed by atoms with E-state index in [1.807, 2.05) is 12.3 Å². The van der Waals surface area contributed by atoms with Crippen molar-refractivity contribution in [1.82, 2.24) is 4.98 Å². The van der Waals surface area contributed by atoms with Gasteiger partial charge >= 0.3 is 0 Å². The molecule has 0 N–H and O–H groups in total. The molecule has 0 bridgehead atoms. The molecule has 0 radical (unpaired) electrons. The van der Waals surface area contributed by atoms with Crippen LogP contribution >= 0.6 is 11.3 Å². The van der Waals surface area contributed by atoms with Gasteiger partial charge in [-0.25, -0.2) is 4.98 Å². The number of nitrogens with zero attached hydrogens (tertiary/aromatic N) is 2. The molecule has 4 heteroatoms. The fraction of sp³-hybridized carbons (Fsp3) is 0.412. The summed E-state index contributed by atoms with van der Waals surface area (Å²) in [5.41, 5.74) is 3.73. The van der Waals surface area contributed by atoms with Gasteiger partial charge in [0.15, 0.2) is 5.13 Å². The third kappa shape index (κ3) is 2.72. The van der Waals surface area contributed by atoms with Crippen molar-refractivity contribution in [2.45, 2.75) is 46.0 Å². The average molecular weight is 300 g/mol. The minimum absolute atomic E-state index is 0.0117. The lowest BCUT2D eigenvalue weighted by atomic mass is 10.1. The van der Waals surface area contributed by atoms with Crippen LogP contribution < -0.4 is 4.90 Å². The van der Waals surface area contributed by atoms with Crippen molar-refractivity contribution >= 4 is 28.1 Å². The highest BCUT2D eigenvalue weighted by Gasteiger charge is 2.20. The Morgan fingerprint density at radius 3 is 2.71 bits per heavy atom. The molecule has 1 heterocycles. The number of benzene rings is 1. The molecule has 1 aromatic carbocycles. The lowest BCUT2D eigenvalue weighted by molar-refractivity contribution is -0.115. The van der Waals surface area contributed by atoms with Gasteiger partial charge in [0.2, 0.25) is 5.91 Å². The zero-order valence-corrected chi connectivity index (χ0v) is 13.5. The predicted molar refractivity (Wildman–Crippen MR) is 87.5 cm³/mol. The Morgan fingerprint density at radius 1 is 1.29 bits per heavy atom. The van der Waals surface area contributed by atoms with E-state index in [0.717, 1.165) is 23.7 Å². The molecule has 0 aliphatic heterocycles. The molecule has 21 heavy (non-hydrogen) atoms. The van der Waals surface area contributed by atoms with Crippen LogP contribution in [0.2, 0.25) is 0 Å². The number of carbonyl (C=O) groups is 1. The highest BCUT2D eigenvalue weighted by Crippen LogP contribution is 2.35. The summed E-state index contributed by atoms with van der Waals surface area (Å²) in [4.78, 5) is 19.5. The Morgan fingerprint density at radius 2 is 2.05 bits per heavy atom. The minimum Gasteiger partial charge on any atom is -0.274 e. The molecule has 0 spiro atoms. The molecule has 0 saturated carbocycles. The Labute approximate surface area is 129 Å². The fourth-order valence-corrected chi connectivity index (χ4v) is 3.75. The summed E-state index contributed by atoms with van der Waals surface area (Å²) in [5, 5.41) is 0.768. The maximum Gasteiger partial charge on any atom is 0.230 e. The molecule has 3 nitrogen and oxygen atoms in total. The third-order valence-corrected chi connectivity index (χ3v) is 5.21. The highest BCUT2D eigenvalue weighted by molar-refractivity contribution is 7.15. The molecule has 110 valence electrons. The number of fused-ring (bicyclic) bond motifs is 1. The van der Waals surface area contributed by atoms with E-state index < -0.39 is 0 Å². The van der Waals surface area contributed by atoms with Crippen LogP contribution in [0.3, 0.4) is 0 Å². The Kier molecular flexibility index (Phi) is 3.81. The monoisotopic (exact) mass is 300 g/mol. The highest BCUT2D eigenvalue weighted by atomic mass is 32.1. The Hall–Kier alpha value is -1.68. The summed E-state index contributed by atoms with van der Waals surface area (Å²) < 4.78 is 0. The molecule has 3 rings (SSSR count). The number of hydrogen-bond donors (Lipinski definition) is 0. The van der Waals surface area contributed by atoms with Crippen LogP contribution in [0.1, 0.15) is 49.1 Å². The number of anilines is 2. The second kappa shape index (κ2) is 5.60. The van der Waals surface area contributed by atoms with Gasteiger partial charge in [-0.15, -0.1) is 11.3 Å². The van der Waals surface area contributed by atoms with Crippen molar-refractivity contribution in [2.24, 2.45) is 0 Å². The van der Waals surface area contributed by atoms with Gasteiger partial charge in [0.25, 0.3) is 0 Å². The van der Waals surface area contributed by atoms with Crippen molar-refractivity contribution < 1.29 is 4.79 Å². The van der Waals surface area contributed by atoms with Crippen molar-refractivity contribution in [1.29, 1.82) is 0 Å². The van der Waals surface area contributed by atoms with Gasteiger partial charge in [-0.2, -0.15) is 0 Å². The van der Waals surface area contributed by atoms with E-state index in [9.17, 15) is 4.79 Å². The summed E-state index contributed by atoms with van der Waals surface area (Å²) in [6, 6.07) is 6.35. The molecule has 0 fully saturated rings. The molecular formula is C17H20N2OS. The second-order valence-corrected chi connectivity index (χ2v) is 6.90. The number of aromatic nitrogens is 1. The summed E-state index contributed by atoms with van der Waals surface area (Å²) >= 11 is 1.60. The number of rotatable bonds is 3. The zero-order chi connectivity index (χ0) is 15.0. The van der Waals surface area contributed by atoms with Crippen LogP contribution in [0.4, 0.5) is 10.8 Å². The van der Waals surface area contributed by atoms with Gasteiger partial charge in [-0.3, -0.25) is 9.69 Å². The van der Waals surface area contributed by atoms with Crippen molar-refractivity contribution in [3.63, 3.8) is 0 Å². The number of carbonyl (C=O) groups excluding carboxylic acids is 1. The first-order valence-electron chi connectivity index (χ1n) is 7.44. The minimum atomic E-state index is 0.0117. The van der Waals surface area contributed by atoms with Crippen molar-refractivity contribution in [3.05, 3.63) is 40.4 Å².